The molecule has 0 aliphatic carbocycles. The molecule has 1 aromatic carbocycles. The van der Waals surface area contributed by atoms with E-state index in [1.807, 2.05) is 35.2 Å². The number of nitrogens with zero attached hydrogens (tertiary/aromatic N) is 1. The first-order valence-electron chi connectivity index (χ1n) is 8.47. The first-order chi connectivity index (χ1) is 11.2. The smallest absolute Gasteiger partial charge is 0.253 e. The van der Waals surface area contributed by atoms with Crippen LogP contribution in [0.5, 0.6) is 0 Å². The van der Waals surface area contributed by atoms with E-state index in [1.165, 1.54) is 0 Å². The number of amides is 2. The molecular formula is C18H24N2O3. The molecule has 1 atom stereocenters. The number of ether oxygens (including phenoxy) is 1. The minimum atomic E-state index is 0.0104. The summed E-state index contributed by atoms with van der Waals surface area (Å²) < 4.78 is 5.52. The fourth-order valence-corrected chi connectivity index (χ4v) is 3.27. The Labute approximate surface area is 137 Å². The van der Waals surface area contributed by atoms with E-state index in [2.05, 4.69) is 5.32 Å². The van der Waals surface area contributed by atoms with E-state index in [1.54, 1.807) is 0 Å². The average Bonchev–Trinajstić information content (AvgIpc) is 3.13. The lowest BCUT2D eigenvalue weighted by atomic mass is 9.95. The molecule has 0 saturated carbocycles. The van der Waals surface area contributed by atoms with Crippen molar-refractivity contribution in [2.45, 2.75) is 31.8 Å². The van der Waals surface area contributed by atoms with Crippen molar-refractivity contribution in [1.29, 1.82) is 0 Å². The molecule has 2 amide bonds. The molecule has 2 aliphatic heterocycles. The number of benzene rings is 1. The summed E-state index contributed by atoms with van der Waals surface area (Å²) in [5.41, 5.74) is 0.716. The fourth-order valence-electron chi connectivity index (χ4n) is 3.27. The van der Waals surface area contributed by atoms with Crippen molar-refractivity contribution in [1.82, 2.24) is 10.2 Å². The van der Waals surface area contributed by atoms with Crippen LogP contribution in [-0.4, -0.2) is 49.1 Å². The van der Waals surface area contributed by atoms with Gasteiger partial charge in [0.2, 0.25) is 5.91 Å². The van der Waals surface area contributed by atoms with Gasteiger partial charge in [-0.1, -0.05) is 18.2 Å². The average molecular weight is 316 g/mol. The van der Waals surface area contributed by atoms with Gasteiger partial charge < -0.3 is 15.0 Å². The van der Waals surface area contributed by atoms with Gasteiger partial charge in [0.05, 0.1) is 6.10 Å². The highest BCUT2D eigenvalue weighted by molar-refractivity contribution is 5.94. The second-order valence-corrected chi connectivity index (χ2v) is 6.31. The van der Waals surface area contributed by atoms with Crippen LogP contribution in [0.1, 0.15) is 36.0 Å². The van der Waals surface area contributed by atoms with Crippen LogP contribution in [0.3, 0.4) is 0 Å². The van der Waals surface area contributed by atoms with Crippen molar-refractivity contribution in [3.8, 4) is 0 Å². The number of hydrogen-bond acceptors (Lipinski definition) is 3. The molecule has 5 heteroatoms. The highest BCUT2D eigenvalue weighted by Gasteiger charge is 2.28. The van der Waals surface area contributed by atoms with E-state index in [-0.39, 0.29) is 23.8 Å². The van der Waals surface area contributed by atoms with Crippen LogP contribution < -0.4 is 5.32 Å². The minimum Gasteiger partial charge on any atom is -0.376 e. The van der Waals surface area contributed by atoms with Crippen LogP contribution in [0.2, 0.25) is 0 Å². The summed E-state index contributed by atoms with van der Waals surface area (Å²) in [5.74, 6) is 0.173. The summed E-state index contributed by atoms with van der Waals surface area (Å²) in [6.07, 6.45) is 3.76. The van der Waals surface area contributed by atoms with E-state index >= 15 is 0 Å². The monoisotopic (exact) mass is 316 g/mol. The molecule has 0 spiro atoms. The van der Waals surface area contributed by atoms with Gasteiger partial charge in [-0.05, 0) is 37.8 Å². The molecule has 0 aromatic heterocycles. The molecule has 3 rings (SSSR count). The summed E-state index contributed by atoms with van der Waals surface area (Å²) in [7, 11) is 0. The first-order valence-corrected chi connectivity index (χ1v) is 8.47. The van der Waals surface area contributed by atoms with Crippen LogP contribution in [0.15, 0.2) is 30.3 Å². The predicted molar refractivity (Wildman–Crippen MR) is 87.1 cm³/mol. The molecule has 0 radical (unpaired) electrons. The maximum absolute atomic E-state index is 12.4. The van der Waals surface area contributed by atoms with Gasteiger partial charge in [0.1, 0.15) is 0 Å². The minimum absolute atomic E-state index is 0.0104. The molecule has 1 N–H and O–H groups in total. The molecule has 0 unspecified atom stereocenters. The van der Waals surface area contributed by atoms with Crippen molar-refractivity contribution in [2.75, 3.05) is 26.2 Å². The van der Waals surface area contributed by atoms with Gasteiger partial charge in [0.25, 0.3) is 5.91 Å². The molecule has 2 fully saturated rings. The third-order valence-corrected chi connectivity index (χ3v) is 4.70. The van der Waals surface area contributed by atoms with Gasteiger partial charge in [-0.25, -0.2) is 0 Å². The summed E-state index contributed by atoms with van der Waals surface area (Å²) in [6.45, 7) is 2.71. The standard InChI is InChI=1S/C18H24N2O3/c21-17(19-13-16-7-4-12-23-16)14-8-10-20(11-9-14)18(22)15-5-2-1-3-6-15/h1-3,5-6,14,16H,4,7-13H2,(H,19,21)/t16-/m0/s1. The Morgan fingerprint density at radius 1 is 1.13 bits per heavy atom. The van der Waals surface area contributed by atoms with Crippen LogP contribution in [0.4, 0.5) is 0 Å². The second kappa shape index (κ2) is 7.59. The molecule has 0 bridgehead atoms. The van der Waals surface area contributed by atoms with Crippen LogP contribution in [0.25, 0.3) is 0 Å². The quantitative estimate of drug-likeness (QED) is 0.922. The molecule has 2 saturated heterocycles. The van der Waals surface area contributed by atoms with Crippen molar-refractivity contribution >= 4 is 11.8 Å². The largest absolute Gasteiger partial charge is 0.376 e. The molecule has 5 nitrogen and oxygen atoms in total. The van der Waals surface area contributed by atoms with Crippen LogP contribution >= 0.6 is 0 Å². The zero-order chi connectivity index (χ0) is 16.1. The highest BCUT2D eigenvalue weighted by atomic mass is 16.5. The van der Waals surface area contributed by atoms with Gasteiger partial charge in [0.15, 0.2) is 0 Å². The third kappa shape index (κ3) is 4.10. The number of hydrogen-bond donors (Lipinski definition) is 1. The van der Waals surface area contributed by atoms with Crippen LogP contribution in [0, 0.1) is 5.92 Å². The lowest BCUT2D eigenvalue weighted by molar-refractivity contribution is -0.126. The Morgan fingerprint density at radius 3 is 2.52 bits per heavy atom. The predicted octanol–water partition coefficient (Wildman–Crippen LogP) is 1.83. The van der Waals surface area contributed by atoms with Gasteiger partial charge >= 0.3 is 0 Å². The highest BCUT2D eigenvalue weighted by Crippen LogP contribution is 2.19. The Morgan fingerprint density at radius 2 is 1.87 bits per heavy atom. The number of rotatable bonds is 4. The Bertz CT molecular complexity index is 532. The number of carbonyl (C=O) groups excluding carboxylic acids is 2. The van der Waals surface area contributed by atoms with Gasteiger partial charge in [-0.15, -0.1) is 0 Å². The summed E-state index contributed by atoms with van der Waals surface area (Å²) in [5, 5.41) is 3.00. The zero-order valence-electron chi connectivity index (χ0n) is 13.4. The second-order valence-electron chi connectivity index (χ2n) is 6.31. The van der Waals surface area contributed by atoms with Gasteiger partial charge in [-0.3, -0.25) is 9.59 Å². The van der Waals surface area contributed by atoms with Crippen molar-refractivity contribution in [3.05, 3.63) is 35.9 Å². The molecule has 23 heavy (non-hydrogen) atoms. The number of carbonyl (C=O) groups is 2. The lowest BCUT2D eigenvalue weighted by Crippen LogP contribution is -2.44. The maximum Gasteiger partial charge on any atom is 0.253 e. The number of piperidine rings is 1. The lowest BCUT2D eigenvalue weighted by Gasteiger charge is -2.31. The fraction of sp³-hybridized carbons (Fsp3) is 0.556. The van der Waals surface area contributed by atoms with E-state index in [4.69, 9.17) is 4.74 Å². The van der Waals surface area contributed by atoms with Gasteiger partial charge in [-0.2, -0.15) is 0 Å². The van der Waals surface area contributed by atoms with Crippen molar-refractivity contribution in [3.63, 3.8) is 0 Å². The molecular weight excluding hydrogens is 292 g/mol. The summed E-state index contributed by atoms with van der Waals surface area (Å²) in [6, 6.07) is 9.32. The maximum atomic E-state index is 12.4. The van der Waals surface area contributed by atoms with E-state index in [0.29, 0.717) is 25.2 Å². The molecule has 2 aliphatic rings. The Balaban J connectivity index is 1.44. The van der Waals surface area contributed by atoms with E-state index in [9.17, 15) is 9.59 Å². The normalized spacial score (nSPS) is 22.1. The Hall–Kier alpha value is -1.88. The van der Waals surface area contributed by atoms with E-state index in [0.717, 1.165) is 32.3 Å². The first kappa shape index (κ1) is 16.0. The number of nitrogens with one attached hydrogen (secondary N) is 1. The summed E-state index contributed by atoms with van der Waals surface area (Å²) in [4.78, 5) is 26.5. The Kier molecular flexibility index (Phi) is 5.28. The molecule has 1 aromatic rings. The van der Waals surface area contributed by atoms with Crippen LogP contribution in [-0.2, 0) is 9.53 Å². The zero-order valence-corrected chi connectivity index (χ0v) is 13.4. The molecule has 2 heterocycles. The third-order valence-electron chi connectivity index (χ3n) is 4.70. The van der Waals surface area contributed by atoms with Gasteiger partial charge in [0, 0.05) is 37.7 Å². The van der Waals surface area contributed by atoms with Crippen molar-refractivity contribution in [2.24, 2.45) is 5.92 Å². The van der Waals surface area contributed by atoms with Crippen molar-refractivity contribution < 1.29 is 14.3 Å². The topological polar surface area (TPSA) is 58.6 Å². The molecule has 124 valence electrons. The van der Waals surface area contributed by atoms with E-state index < -0.39 is 0 Å². The number of likely N-dealkylation sites (tertiary alicyclic amines) is 1. The SMILES string of the molecule is O=C(NC[C@@H]1CCCO1)C1CCN(C(=O)c2ccccc2)CC1. The summed E-state index contributed by atoms with van der Waals surface area (Å²) >= 11 is 0.